The summed E-state index contributed by atoms with van der Waals surface area (Å²) in [6.45, 7) is 8.09. The van der Waals surface area contributed by atoms with Crippen LogP contribution in [0.5, 0.6) is 0 Å². The van der Waals surface area contributed by atoms with Crippen molar-refractivity contribution in [3.63, 3.8) is 0 Å². The summed E-state index contributed by atoms with van der Waals surface area (Å²) in [7, 11) is 0. The molecule has 0 aromatic carbocycles. The lowest BCUT2D eigenvalue weighted by Gasteiger charge is -2.48. The molecule has 3 heterocycles. The molecule has 3 rings (SSSR count). The summed E-state index contributed by atoms with van der Waals surface area (Å²) in [4.78, 5) is 9.84. The minimum absolute atomic E-state index is 0.557. The van der Waals surface area contributed by atoms with Crippen molar-refractivity contribution in [3.8, 4) is 0 Å². The topological polar surface area (TPSA) is 19.4 Å². The first-order chi connectivity index (χ1) is 9.15. The van der Waals surface area contributed by atoms with E-state index < -0.39 is 0 Å². The number of piperazine rings is 1. The van der Waals surface area contributed by atoms with Crippen LogP contribution in [0.1, 0.15) is 31.7 Å². The molecular formula is C15H22BrN3. The van der Waals surface area contributed by atoms with E-state index >= 15 is 0 Å². The van der Waals surface area contributed by atoms with Crippen LogP contribution in [0.4, 0.5) is 5.82 Å². The Bertz CT molecular complexity index is 463. The first kappa shape index (κ1) is 13.4. The van der Waals surface area contributed by atoms with Crippen molar-refractivity contribution >= 4 is 21.7 Å². The molecule has 0 bridgehead atoms. The number of nitrogens with zero attached hydrogens (tertiary/aromatic N) is 3. The lowest BCUT2D eigenvalue weighted by molar-refractivity contribution is 0.115. The second kappa shape index (κ2) is 5.41. The number of aromatic nitrogens is 1. The molecule has 1 aromatic rings. The van der Waals surface area contributed by atoms with Gasteiger partial charge < -0.3 is 4.90 Å². The molecule has 0 aliphatic carbocycles. The van der Waals surface area contributed by atoms with Gasteiger partial charge in [-0.3, -0.25) is 4.90 Å². The number of fused-ring (bicyclic) bond motifs is 1. The van der Waals surface area contributed by atoms with Gasteiger partial charge in [0.1, 0.15) is 5.82 Å². The number of piperidine rings is 1. The lowest BCUT2D eigenvalue weighted by Crippen LogP contribution is -2.59. The Morgan fingerprint density at radius 1 is 1.32 bits per heavy atom. The third-order valence-corrected chi connectivity index (χ3v) is 4.91. The predicted octanol–water partition coefficient (Wildman–Crippen LogP) is 3.22. The molecule has 0 saturated carbocycles. The van der Waals surface area contributed by atoms with Crippen molar-refractivity contribution in [2.75, 3.05) is 24.5 Å². The standard InChI is InChI=1S/C15H22BrN3/c1-11-7-13(16)8-17-15(11)19-10-14-5-3-4-6-18(14)9-12(19)2/h7-8,12,14H,3-6,9-10H2,1-2H3. The predicted molar refractivity (Wildman–Crippen MR) is 82.7 cm³/mol. The van der Waals surface area contributed by atoms with Crippen LogP contribution >= 0.6 is 15.9 Å². The summed E-state index contributed by atoms with van der Waals surface area (Å²) < 4.78 is 1.07. The Balaban J connectivity index is 1.83. The molecule has 1 aromatic heterocycles. The van der Waals surface area contributed by atoms with Gasteiger partial charge in [-0.2, -0.15) is 0 Å². The third kappa shape index (κ3) is 2.65. The van der Waals surface area contributed by atoms with Gasteiger partial charge in [0.05, 0.1) is 0 Å². The zero-order valence-electron chi connectivity index (χ0n) is 11.8. The number of halogens is 1. The highest BCUT2D eigenvalue weighted by molar-refractivity contribution is 9.10. The van der Waals surface area contributed by atoms with Gasteiger partial charge in [0.2, 0.25) is 0 Å². The van der Waals surface area contributed by atoms with E-state index in [2.05, 4.69) is 50.6 Å². The van der Waals surface area contributed by atoms with Crippen LogP contribution < -0.4 is 4.90 Å². The van der Waals surface area contributed by atoms with Crippen LogP contribution in [0.25, 0.3) is 0 Å². The summed E-state index contributed by atoms with van der Waals surface area (Å²) in [5.41, 5.74) is 1.27. The summed E-state index contributed by atoms with van der Waals surface area (Å²) in [6, 6.07) is 3.46. The maximum Gasteiger partial charge on any atom is 0.131 e. The number of hydrogen-bond donors (Lipinski definition) is 0. The zero-order chi connectivity index (χ0) is 13.4. The molecule has 2 fully saturated rings. The Hall–Kier alpha value is -0.610. The monoisotopic (exact) mass is 323 g/mol. The molecule has 2 saturated heterocycles. The highest BCUT2D eigenvalue weighted by Gasteiger charge is 2.33. The molecule has 0 radical (unpaired) electrons. The van der Waals surface area contributed by atoms with E-state index in [1.807, 2.05) is 6.20 Å². The van der Waals surface area contributed by atoms with Crippen LogP contribution in [0, 0.1) is 6.92 Å². The fourth-order valence-electron chi connectivity index (χ4n) is 3.48. The van der Waals surface area contributed by atoms with E-state index in [1.54, 1.807) is 0 Å². The average molecular weight is 324 g/mol. The van der Waals surface area contributed by atoms with Gasteiger partial charge in [0.25, 0.3) is 0 Å². The Labute approximate surface area is 124 Å². The molecule has 2 aliphatic rings. The molecule has 0 N–H and O–H groups in total. The van der Waals surface area contributed by atoms with E-state index in [4.69, 9.17) is 0 Å². The highest BCUT2D eigenvalue weighted by atomic mass is 79.9. The molecule has 0 amide bonds. The van der Waals surface area contributed by atoms with Crippen molar-refractivity contribution in [2.45, 2.75) is 45.2 Å². The van der Waals surface area contributed by atoms with E-state index in [1.165, 1.54) is 43.7 Å². The number of pyridine rings is 1. The summed E-state index contributed by atoms with van der Waals surface area (Å²) >= 11 is 3.50. The Morgan fingerprint density at radius 2 is 2.16 bits per heavy atom. The van der Waals surface area contributed by atoms with Crippen molar-refractivity contribution in [3.05, 3.63) is 22.3 Å². The van der Waals surface area contributed by atoms with Gasteiger partial charge >= 0.3 is 0 Å². The summed E-state index contributed by atoms with van der Waals surface area (Å²) in [5.74, 6) is 1.17. The normalized spacial score (nSPS) is 28.3. The maximum atomic E-state index is 4.65. The van der Waals surface area contributed by atoms with Gasteiger partial charge in [-0.1, -0.05) is 6.42 Å². The average Bonchev–Trinajstić information content (AvgIpc) is 2.38. The molecule has 3 nitrogen and oxygen atoms in total. The first-order valence-electron chi connectivity index (χ1n) is 7.28. The highest BCUT2D eigenvalue weighted by Crippen LogP contribution is 2.29. The van der Waals surface area contributed by atoms with Crippen LogP contribution in [-0.2, 0) is 0 Å². The van der Waals surface area contributed by atoms with Crippen molar-refractivity contribution in [2.24, 2.45) is 0 Å². The van der Waals surface area contributed by atoms with E-state index in [9.17, 15) is 0 Å². The minimum Gasteiger partial charge on any atom is -0.351 e. The smallest absolute Gasteiger partial charge is 0.131 e. The number of aryl methyl sites for hydroxylation is 1. The van der Waals surface area contributed by atoms with Gasteiger partial charge in [0.15, 0.2) is 0 Å². The number of rotatable bonds is 1. The van der Waals surface area contributed by atoms with Crippen molar-refractivity contribution < 1.29 is 0 Å². The maximum absolute atomic E-state index is 4.65. The fraction of sp³-hybridized carbons (Fsp3) is 0.667. The van der Waals surface area contributed by atoms with Crippen LogP contribution in [0.15, 0.2) is 16.7 Å². The molecule has 2 aliphatic heterocycles. The van der Waals surface area contributed by atoms with E-state index in [-0.39, 0.29) is 0 Å². The second-order valence-electron chi connectivity index (χ2n) is 5.94. The number of hydrogen-bond acceptors (Lipinski definition) is 3. The molecule has 4 heteroatoms. The quantitative estimate of drug-likeness (QED) is 0.791. The minimum atomic E-state index is 0.557. The molecule has 2 atom stereocenters. The fourth-order valence-corrected chi connectivity index (χ4v) is 3.93. The zero-order valence-corrected chi connectivity index (χ0v) is 13.4. The lowest BCUT2D eigenvalue weighted by atomic mass is 9.97. The van der Waals surface area contributed by atoms with Gasteiger partial charge in [-0.25, -0.2) is 4.98 Å². The van der Waals surface area contributed by atoms with Gasteiger partial charge in [-0.15, -0.1) is 0 Å². The third-order valence-electron chi connectivity index (χ3n) is 4.48. The summed E-state index contributed by atoms with van der Waals surface area (Å²) in [5, 5.41) is 0. The van der Waals surface area contributed by atoms with E-state index in [0.717, 1.165) is 17.1 Å². The summed E-state index contributed by atoms with van der Waals surface area (Å²) in [6.07, 6.45) is 6.02. The van der Waals surface area contributed by atoms with E-state index in [0.29, 0.717) is 6.04 Å². The SMILES string of the molecule is Cc1cc(Br)cnc1N1CC2CCCCN2CC1C. The van der Waals surface area contributed by atoms with Crippen molar-refractivity contribution in [1.82, 2.24) is 9.88 Å². The Morgan fingerprint density at radius 3 is 2.95 bits per heavy atom. The second-order valence-corrected chi connectivity index (χ2v) is 6.86. The van der Waals surface area contributed by atoms with Crippen LogP contribution in [-0.4, -0.2) is 41.6 Å². The Kier molecular flexibility index (Phi) is 3.81. The van der Waals surface area contributed by atoms with Crippen molar-refractivity contribution in [1.29, 1.82) is 0 Å². The van der Waals surface area contributed by atoms with Gasteiger partial charge in [-0.05, 0) is 60.8 Å². The van der Waals surface area contributed by atoms with Gasteiger partial charge in [0, 0.05) is 35.8 Å². The number of anilines is 1. The van der Waals surface area contributed by atoms with Crippen LogP contribution in [0.3, 0.4) is 0 Å². The molecule has 2 unspecified atom stereocenters. The molecular weight excluding hydrogens is 302 g/mol. The molecule has 0 spiro atoms. The molecule has 104 valence electrons. The largest absolute Gasteiger partial charge is 0.351 e. The van der Waals surface area contributed by atoms with Crippen LogP contribution in [0.2, 0.25) is 0 Å². The molecule has 19 heavy (non-hydrogen) atoms. The first-order valence-corrected chi connectivity index (χ1v) is 8.07.